The predicted molar refractivity (Wildman–Crippen MR) is 75.7 cm³/mol. The molecule has 0 unspecified atom stereocenters. The van der Waals surface area contributed by atoms with Gasteiger partial charge in [0.25, 0.3) is 5.56 Å². The van der Waals surface area contributed by atoms with E-state index >= 15 is 0 Å². The third-order valence-electron chi connectivity index (χ3n) is 2.98. The van der Waals surface area contributed by atoms with Crippen LogP contribution in [0.3, 0.4) is 0 Å². The summed E-state index contributed by atoms with van der Waals surface area (Å²) in [6.07, 6.45) is 3.17. The van der Waals surface area contributed by atoms with E-state index in [0.29, 0.717) is 12.6 Å². The van der Waals surface area contributed by atoms with Crippen LogP contribution in [0.25, 0.3) is 0 Å². The Hall–Kier alpha value is -1.45. The highest BCUT2D eigenvalue weighted by molar-refractivity contribution is 7.90. The highest BCUT2D eigenvalue weighted by atomic mass is 32.2. The molecule has 1 saturated carbocycles. The van der Waals surface area contributed by atoms with E-state index < -0.39 is 10.2 Å². The lowest BCUT2D eigenvalue weighted by molar-refractivity contribution is 0.457. The molecule has 0 atom stereocenters. The monoisotopic (exact) mass is 301 g/mol. The van der Waals surface area contributed by atoms with Gasteiger partial charge < -0.3 is 5.32 Å². The molecule has 0 spiro atoms. The smallest absolute Gasteiger partial charge is 0.302 e. The maximum atomic E-state index is 12.0. The molecule has 20 heavy (non-hydrogen) atoms. The van der Waals surface area contributed by atoms with E-state index in [2.05, 4.69) is 20.2 Å². The Bertz CT molecular complexity index is 576. The van der Waals surface area contributed by atoms with Crippen molar-refractivity contribution in [2.24, 2.45) is 0 Å². The second-order valence-corrected chi connectivity index (χ2v) is 6.59. The molecular formula is C11H19N5O3S. The zero-order valence-corrected chi connectivity index (χ0v) is 12.1. The van der Waals surface area contributed by atoms with Crippen molar-refractivity contribution in [3.8, 4) is 0 Å². The SMILES string of the molecule is CN(CCCNC1CC1)S(=O)(=O)Nc1ccc(=O)[nH]n1. The van der Waals surface area contributed by atoms with Crippen LogP contribution in [0.2, 0.25) is 0 Å². The number of H-pyrrole nitrogens is 1. The van der Waals surface area contributed by atoms with Crippen LogP contribution >= 0.6 is 0 Å². The summed E-state index contributed by atoms with van der Waals surface area (Å²) in [6, 6.07) is 3.16. The van der Waals surface area contributed by atoms with Gasteiger partial charge in [0, 0.05) is 25.7 Å². The van der Waals surface area contributed by atoms with Crippen molar-refractivity contribution in [1.82, 2.24) is 19.8 Å². The summed E-state index contributed by atoms with van der Waals surface area (Å²) >= 11 is 0. The molecule has 112 valence electrons. The first kappa shape index (κ1) is 14.9. The number of hydrogen-bond donors (Lipinski definition) is 3. The Morgan fingerprint density at radius 2 is 2.20 bits per heavy atom. The second-order valence-electron chi connectivity index (χ2n) is 4.82. The van der Waals surface area contributed by atoms with Crippen molar-refractivity contribution >= 4 is 16.0 Å². The van der Waals surface area contributed by atoms with E-state index in [-0.39, 0.29) is 11.4 Å². The molecule has 0 bridgehead atoms. The van der Waals surface area contributed by atoms with Crippen LogP contribution in [0.15, 0.2) is 16.9 Å². The van der Waals surface area contributed by atoms with Crippen molar-refractivity contribution in [3.63, 3.8) is 0 Å². The molecule has 0 radical (unpaired) electrons. The maximum Gasteiger partial charge on any atom is 0.302 e. The lowest BCUT2D eigenvalue weighted by atomic mass is 10.4. The number of aromatic nitrogens is 2. The van der Waals surface area contributed by atoms with E-state index in [9.17, 15) is 13.2 Å². The highest BCUT2D eigenvalue weighted by Gasteiger charge is 2.21. The zero-order chi connectivity index (χ0) is 14.6. The third kappa shape index (κ3) is 4.58. The molecule has 1 aliphatic rings. The first-order chi connectivity index (χ1) is 9.47. The first-order valence-electron chi connectivity index (χ1n) is 6.50. The lowest BCUT2D eigenvalue weighted by Crippen LogP contribution is -2.35. The van der Waals surface area contributed by atoms with Crippen LogP contribution in [0, 0.1) is 0 Å². The van der Waals surface area contributed by atoms with Crippen molar-refractivity contribution in [2.45, 2.75) is 25.3 Å². The number of aromatic amines is 1. The van der Waals surface area contributed by atoms with Gasteiger partial charge in [-0.05, 0) is 31.9 Å². The molecule has 1 aromatic rings. The van der Waals surface area contributed by atoms with Gasteiger partial charge in [0.1, 0.15) is 0 Å². The van der Waals surface area contributed by atoms with Crippen molar-refractivity contribution < 1.29 is 8.42 Å². The van der Waals surface area contributed by atoms with E-state index in [1.165, 1.54) is 36.3 Å². The van der Waals surface area contributed by atoms with Crippen LogP contribution in [0.5, 0.6) is 0 Å². The summed E-state index contributed by atoms with van der Waals surface area (Å²) < 4.78 is 27.5. The average molecular weight is 301 g/mol. The van der Waals surface area contributed by atoms with E-state index in [4.69, 9.17) is 0 Å². The van der Waals surface area contributed by atoms with Crippen LogP contribution in [0.1, 0.15) is 19.3 Å². The van der Waals surface area contributed by atoms with Crippen LogP contribution in [0.4, 0.5) is 5.82 Å². The largest absolute Gasteiger partial charge is 0.314 e. The van der Waals surface area contributed by atoms with Crippen molar-refractivity contribution in [1.29, 1.82) is 0 Å². The van der Waals surface area contributed by atoms with Gasteiger partial charge in [0.05, 0.1) is 0 Å². The van der Waals surface area contributed by atoms with Gasteiger partial charge >= 0.3 is 10.2 Å². The molecule has 1 heterocycles. The highest BCUT2D eigenvalue weighted by Crippen LogP contribution is 2.18. The van der Waals surface area contributed by atoms with Gasteiger partial charge in [0.2, 0.25) is 0 Å². The quantitative estimate of drug-likeness (QED) is 0.561. The summed E-state index contributed by atoms with van der Waals surface area (Å²) in [6.45, 7) is 1.22. The van der Waals surface area contributed by atoms with E-state index in [1.807, 2.05) is 0 Å². The summed E-state index contributed by atoms with van der Waals surface area (Å²) in [7, 11) is -2.14. The molecule has 9 heteroatoms. The van der Waals surface area contributed by atoms with Crippen LogP contribution in [-0.2, 0) is 10.2 Å². The van der Waals surface area contributed by atoms with Crippen molar-refractivity contribution in [3.05, 3.63) is 22.5 Å². The Kier molecular flexibility index (Phi) is 4.73. The molecule has 1 aromatic heterocycles. The minimum Gasteiger partial charge on any atom is -0.314 e. The first-order valence-corrected chi connectivity index (χ1v) is 7.94. The number of anilines is 1. The minimum atomic E-state index is -3.64. The summed E-state index contributed by atoms with van der Waals surface area (Å²) in [5, 5.41) is 9.10. The number of nitrogens with one attached hydrogen (secondary N) is 3. The molecule has 1 fully saturated rings. The Balaban J connectivity index is 1.81. The molecule has 0 aliphatic heterocycles. The van der Waals surface area contributed by atoms with Gasteiger partial charge in [0.15, 0.2) is 5.82 Å². The molecule has 2 rings (SSSR count). The Morgan fingerprint density at radius 1 is 1.45 bits per heavy atom. The number of rotatable bonds is 8. The topological polar surface area (TPSA) is 107 Å². The fourth-order valence-corrected chi connectivity index (χ4v) is 2.53. The van der Waals surface area contributed by atoms with Gasteiger partial charge in [-0.1, -0.05) is 0 Å². The van der Waals surface area contributed by atoms with Gasteiger partial charge in [-0.15, -0.1) is 0 Å². The van der Waals surface area contributed by atoms with Crippen LogP contribution < -0.4 is 15.6 Å². The van der Waals surface area contributed by atoms with E-state index in [0.717, 1.165) is 13.0 Å². The summed E-state index contributed by atoms with van der Waals surface area (Å²) in [5.41, 5.74) is -0.382. The van der Waals surface area contributed by atoms with Gasteiger partial charge in [-0.3, -0.25) is 9.52 Å². The molecule has 3 N–H and O–H groups in total. The standard InChI is InChI=1S/C11H19N5O3S/c1-16(8-2-7-12-9-3-4-9)20(18,19)15-10-5-6-11(17)14-13-10/h5-6,9,12H,2-4,7-8H2,1H3,(H,13,15)(H,14,17). The van der Waals surface area contributed by atoms with Crippen molar-refractivity contribution in [2.75, 3.05) is 24.9 Å². The van der Waals surface area contributed by atoms with Gasteiger partial charge in [-0.2, -0.15) is 17.8 Å². The number of nitrogens with zero attached hydrogens (tertiary/aromatic N) is 2. The Labute approximate surface area is 117 Å². The molecular weight excluding hydrogens is 282 g/mol. The molecule has 0 amide bonds. The normalized spacial score (nSPS) is 15.5. The second kappa shape index (κ2) is 6.33. The van der Waals surface area contributed by atoms with Crippen LogP contribution in [-0.4, -0.2) is 49.1 Å². The fraction of sp³-hybridized carbons (Fsp3) is 0.636. The summed E-state index contributed by atoms with van der Waals surface area (Å²) in [4.78, 5) is 10.8. The minimum absolute atomic E-state index is 0.0903. The van der Waals surface area contributed by atoms with E-state index in [1.54, 1.807) is 0 Å². The molecule has 0 aromatic carbocycles. The maximum absolute atomic E-state index is 12.0. The third-order valence-corrected chi connectivity index (χ3v) is 4.45. The zero-order valence-electron chi connectivity index (χ0n) is 11.3. The summed E-state index contributed by atoms with van der Waals surface area (Å²) in [5.74, 6) is 0.0903. The molecule has 8 nitrogen and oxygen atoms in total. The average Bonchev–Trinajstić information content (AvgIpc) is 3.21. The predicted octanol–water partition coefficient (Wildman–Crippen LogP) is -0.499. The molecule has 0 saturated heterocycles. The lowest BCUT2D eigenvalue weighted by Gasteiger charge is -2.17. The fourth-order valence-electron chi connectivity index (χ4n) is 1.63. The number of hydrogen-bond acceptors (Lipinski definition) is 5. The Morgan fingerprint density at radius 3 is 2.80 bits per heavy atom. The van der Waals surface area contributed by atoms with Gasteiger partial charge in [-0.25, -0.2) is 5.10 Å². The molecule has 1 aliphatic carbocycles.